The van der Waals surface area contributed by atoms with Gasteiger partial charge in [0.25, 0.3) is 0 Å². The molecule has 1 aromatic heterocycles. The quantitative estimate of drug-likeness (QED) is 0.942. The van der Waals surface area contributed by atoms with E-state index in [2.05, 4.69) is 32.0 Å². The first-order valence-corrected chi connectivity index (χ1v) is 6.34. The van der Waals surface area contributed by atoms with Gasteiger partial charge in [-0.2, -0.15) is 0 Å². The smallest absolute Gasteiger partial charge is 0.216 e. The Hall–Kier alpha value is -1.46. The third-order valence-electron chi connectivity index (χ3n) is 2.60. The van der Waals surface area contributed by atoms with E-state index in [1.807, 2.05) is 18.2 Å². The summed E-state index contributed by atoms with van der Waals surface area (Å²) in [6.45, 7) is 0. The van der Waals surface area contributed by atoms with Gasteiger partial charge in [0, 0.05) is 10.5 Å². The van der Waals surface area contributed by atoms with Crippen molar-refractivity contribution in [2.45, 2.75) is 12.5 Å². The molecule has 5 heteroatoms. The molecule has 1 atom stereocenters. The molecule has 1 unspecified atom stereocenters. The Kier molecular flexibility index (Phi) is 4.28. The second kappa shape index (κ2) is 5.93. The first kappa shape index (κ1) is 13.0. The molecule has 0 saturated carbocycles. The number of nitrogens with two attached hydrogens (primary N) is 1. The molecular weight excluding hydrogens is 294 g/mol. The van der Waals surface area contributed by atoms with Crippen LogP contribution in [0, 0.1) is 0 Å². The Morgan fingerprint density at radius 3 is 2.89 bits per heavy atom. The number of ether oxygens (including phenoxy) is 1. The zero-order valence-corrected chi connectivity index (χ0v) is 11.6. The average molecular weight is 308 g/mol. The first-order chi connectivity index (χ1) is 8.69. The summed E-state index contributed by atoms with van der Waals surface area (Å²) in [5, 5.41) is 0. The largest absolute Gasteiger partial charge is 0.481 e. The molecule has 4 nitrogen and oxygen atoms in total. The molecule has 0 amide bonds. The van der Waals surface area contributed by atoms with Crippen molar-refractivity contribution in [3.8, 4) is 5.88 Å². The van der Waals surface area contributed by atoms with Crippen LogP contribution in [0.4, 0.5) is 0 Å². The molecule has 1 heterocycles. The summed E-state index contributed by atoms with van der Waals surface area (Å²) in [6, 6.07) is 9.68. The maximum atomic E-state index is 6.14. The van der Waals surface area contributed by atoms with Gasteiger partial charge in [-0.25, -0.2) is 9.97 Å². The lowest BCUT2D eigenvalue weighted by molar-refractivity contribution is 0.395. The lowest BCUT2D eigenvalue weighted by Gasteiger charge is -2.11. The third-order valence-corrected chi connectivity index (χ3v) is 3.09. The Bertz CT molecular complexity index is 533. The maximum Gasteiger partial charge on any atom is 0.216 e. The van der Waals surface area contributed by atoms with Gasteiger partial charge < -0.3 is 10.5 Å². The predicted octanol–water partition coefficient (Wildman–Crippen LogP) is 2.49. The Morgan fingerprint density at radius 2 is 2.17 bits per heavy atom. The van der Waals surface area contributed by atoms with Crippen LogP contribution in [0.2, 0.25) is 0 Å². The summed E-state index contributed by atoms with van der Waals surface area (Å²) in [4.78, 5) is 8.14. The van der Waals surface area contributed by atoms with Crippen LogP contribution in [0.5, 0.6) is 5.88 Å². The van der Waals surface area contributed by atoms with Crippen molar-refractivity contribution < 1.29 is 4.74 Å². The summed E-state index contributed by atoms with van der Waals surface area (Å²) < 4.78 is 6.11. The van der Waals surface area contributed by atoms with Crippen molar-refractivity contribution >= 4 is 15.9 Å². The minimum Gasteiger partial charge on any atom is -0.481 e. The van der Waals surface area contributed by atoms with E-state index in [-0.39, 0.29) is 6.04 Å². The fraction of sp³-hybridized carbons (Fsp3) is 0.231. The standard InChI is InChI=1S/C13H14BrN3O/c1-18-13-7-12(16-8-17-13)11(15)6-9-3-2-4-10(14)5-9/h2-5,7-8,11H,6,15H2,1H3. The van der Waals surface area contributed by atoms with E-state index >= 15 is 0 Å². The third kappa shape index (κ3) is 3.27. The molecule has 2 rings (SSSR count). The second-order valence-electron chi connectivity index (χ2n) is 3.93. The van der Waals surface area contributed by atoms with Crippen molar-refractivity contribution in [3.05, 3.63) is 52.4 Å². The van der Waals surface area contributed by atoms with Crippen LogP contribution < -0.4 is 10.5 Å². The van der Waals surface area contributed by atoms with E-state index in [0.717, 1.165) is 22.2 Å². The average Bonchev–Trinajstić information content (AvgIpc) is 2.39. The van der Waals surface area contributed by atoms with Gasteiger partial charge in [-0.3, -0.25) is 0 Å². The van der Waals surface area contributed by atoms with E-state index in [1.165, 1.54) is 6.33 Å². The summed E-state index contributed by atoms with van der Waals surface area (Å²) in [7, 11) is 1.58. The summed E-state index contributed by atoms with van der Waals surface area (Å²) in [5.41, 5.74) is 8.08. The second-order valence-corrected chi connectivity index (χ2v) is 4.84. The Morgan fingerprint density at radius 1 is 1.33 bits per heavy atom. The molecule has 2 aromatic rings. The van der Waals surface area contributed by atoms with Gasteiger partial charge in [-0.1, -0.05) is 28.1 Å². The van der Waals surface area contributed by atoms with Crippen LogP contribution >= 0.6 is 15.9 Å². The highest BCUT2D eigenvalue weighted by molar-refractivity contribution is 9.10. The number of halogens is 1. The van der Waals surface area contributed by atoms with Crippen LogP contribution in [0.1, 0.15) is 17.3 Å². The van der Waals surface area contributed by atoms with Gasteiger partial charge in [-0.05, 0) is 24.1 Å². The molecule has 0 radical (unpaired) electrons. The number of benzene rings is 1. The van der Waals surface area contributed by atoms with Crippen LogP contribution in [-0.4, -0.2) is 17.1 Å². The topological polar surface area (TPSA) is 61.0 Å². The van der Waals surface area contributed by atoms with Crippen molar-refractivity contribution in [3.63, 3.8) is 0 Å². The molecule has 0 aliphatic rings. The monoisotopic (exact) mass is 307 g/mol. The minimum absolute atomic E-state index is 0.170. The fourth-order valence-electron chi connectivity index (χ4n) is 1.69. The van der Waals surface area contributed by atoms with Crippen molar-refractivity contribution in [1.82, 2.24) is 9.97 Å². The maximum absolute atomic E-state index is 6.14. The molecular formula is C13H14BrN3O. The molecule has 2 N–H and O–H groups in total. The highest BCUT2D eigenvalue weighted by Gasteiger charge is 2.10. The number of nitrogens with zero attached hydrogens (tertiary/aromatic N) is 2. The Balaban J connectivity index is 2.13. The van der Waals surface area contributed by atoms with E-state index in [4.69, 9.17) is 10.5 Å². The number of hydrogen-bond donors (Lipinski definition) is 1. The van der Waals surface area contributed by atoms with Crippen molar-refractivity contribution in [2.24, 2.45) is 5.73 Å². The summed E-state index contributed by atoms with van der Waals surface area (Å²) in [5.74, 6) is 0.532. The highest BCUT2D eigenvalue weighted by atomic mass is 79.9. The lowest BCUT2D eigenvalue weighted by Crippen LogP contribution is -2.15. The van der Waals surface area contributed by atoms with Crippen LogP contribution in [0.3, 0.4) is 0 Å². The van der Waals surface area contributed by atoms with Crippen LogP contribution in [0.15, 0.2) is 41.1 Å². The summed E-state index contributed by atoms with van der Waals surface area (Å²) >= 11 is 3.44. The molecule has 94 valence electrons. The molecule has 0 aliphatic heterocycles. The van der Waals surface area contributed by atoms with E-state index < -0.39 is 0 Å². The molecule has 0 fully saturated rings. The molecule has 18 heavy (non-hydrogen) atoms. The predicted molar refractivity (Wildman–Crippen MR) is 73.4 cm³/mol. The van der Waals surface area contributed by atoms with Gasteiger partial charge in [0.1, 0.15) is 6.33 Å². The fourth-order valence-corrected chi connectivity index (χ4v) is 2.14. The van der Waals surface area contributed by atoms with Gasteiger partial charge in [0.2, 0.25) is 5.88 Å². The minimum atomic E-state index is -0.170. The van der Waals surface area contributed by atoms with Crippen molar-refractivity contribution in [1.29, 1.82) is 0 Å². The highest BCUT2D eigenvalue weighted by Crippen LogP contribution is 2.19. The Labute approximate surface area is 114 Å². The number of rotatable bonds is 4. The molecule has 0 saturated heterocycles. The van der Waals surface area contributed by atoms with Crippen molar-refractivity contribution in [2.75, 3.05) is 7.11 Å². The molecule has 0 aliphatic carbocycles. The van der Waals surface area contributed by atoms with E-state index in [1.54, 1.807) is 13.2 Å². The number of aromatic nitrogens is 2. The van der Waals surface area contributed by atoms with E-state index in [0.29, 0.717) is 5.88 Å². The molecule has 0 bridgehead atoms. The zero-order chi connectivity index (χ0) is 13.0. The van der Waals surface area contributed by atoms with Gasteiger partial charge in [0.05, 0.1) is 18.8 Å². The van der Waals surface area contributed by atoms with Gasteiger partial charge in [-0.15, -0.1) is 0 Å². The number of methoxy groups -OCH3 is 1. The molecule has 1 aromatic carbocycles. The normalized spacial score (nSPS) is 12.2. The SMILES string of the molecule is COc1cc(C(N)Cc2cccc(Br)c2)ncn1. The van der Waals surface area contributed by atoms with E-state index in [9.17, 15) is 0 Å². The first-order valence-electron chi connectivity index (χ1n) is 5.55. The zero-order valence-electron chi connectivity index (χ0n) is 10.0. The van der Waals surface area contributed by atoms with Gasteiger partial charge >= 0.3 is 0 Å². The molecule has 0 spiro atoms. The van der Waals surface area contributed by atoms with Crippen LogP contribution in [-0.2, 0) is 6.42 Å². The lowest BCUT2D eigenvalue weighted by atomic mass is 10.0. The summed E-state index contributed by atoms with van der Waals surface area (Å²) in [6.07, 6.45) is 2.19. The van der Waals surface area contributed by atoms with Crippen LogP contribution in [0.25, 0.3) is 0 Å². The number of hydrogen-bond acceptors (Lipinski definition) is 4. The van der Waals surface area contributed by atoms with Gasteiger partial charge in [0.15, 0.2) is 0 Å².